The molecule has 0 spiro atoms. The van der Waals surface area contributed by atoms with Crippen LogP contribution in [0.1, 0.15) is 0 Å². The summed E-state index contributed by atoms with van der Waals surface area (Å²) in [7, 11) is 1.59. The molecule has 0 radical (unpaired) electrons. The second-order valence-electron chi connectivity index (χ2n) is 4.44. The standard InChI is InChI=1S/C15H11BrClN3O/c1-21-14-12(16)6-10(8-3-2-4-9(17)5-8)11-7-19-15(18)20-13(11)14/h2-7H,1H3,(H2,18,19,20). The Morgan fingerprint density at radius 1 is 1.29 bits per heavy atom. The fourth-order valence-electron chi connectivity index (χ4n) is 2.24. The SMILES string of the molecule is COc1c(Br)cc(-c2cccc(Cl)c2)c2cnc(N)nc12. The van der Waals surface area contributed by atoms with Crippen LogP contribution >= 0.6 is 27.5 Å². The number of nitrogen functional groups attached to an aromatic ring is 1. The van der Waals surface area contributed by atoms with Gasteiger partial charge in [-0.3, -0.25) is 0 Å². The normalized spacial score (nSPS) is 10.8. The Balaban J connectivity index is 2.39. The van der Waals surface area contributed by atoms with Crippen LogP contribution in [0.5, 0.6) is 5.75 Å². The minimum absolute atomic E-state index is 0.205. The number of fused-ring (bicyclic) bond motifs is 1. The van der Waals surface area contributed by atoms with Crippen molar-refractivity contribution in [1.29, 1.82) is 0 Å². The van der Waals surface area contributed by atoms with Crippen molar-refractivity contribution in [3.63, 3.8) is 0 Å². The summed E-state index contributed by atoms with van der Waals surface area (Å²) in [5.41, 5.74) is 8.29. The lowest BCUT2D eigenvalue weighted by atomic mass is 10.0. The molecular weight excluding hydrogens is 354 g/mol. The molecule has 3 aromatic rings. The first kappa shape index (κ1) is 14.1. The van der Waals surface area contributed by atoms with E-state index < -0.39 is 0 Å². The third kappa shape index (κ3) is 2.54. The van der Waals surface area contributed by atoms with Gasteiger partial charge in [-0.2, -0.15) is 0 Å². The molecule has 0 aliphatic rings. The number of anilines is 1. The molecule has 4 nitrogen and oxygen atoms in total. The number of hydrogen-bond acceptors (Lipinski definition) is 4. The lowest BCUT2D eigenvalue weighted by Gasteiger charge is -2.12. The molecule has 0 aliphatic carbocycles. The molecule has 0 bridgehead atoms. The number of rotatable bonds is 2. The topological polar surface area (TPSA) is 61.0 Å². The number of halogens is 2. The lowest BCUT2D eigenvalue weighted by molar-refractivity contribution is 0.416. The maximum Gasteiger partial charge on any atom is 0.220 e. The van der Waals surface area contributed by atoms with E-state index in [1.807, 2.05) is 30.3 Å². The first-order valence-electron chi connectivity index (χ1n) is 6.15. The van der Waals surface area contributed by atoms with Gasteiger partial charge >= 0.3 is 0 Å². The van der Waals surface area contributed by atoms with Crippen LogP contribution in [0.15, 0.2) is 41.0 Å². The highest BCUT2D eigenvalue weighted by atomic mass is 79.9. The minimum Gasteiger partial charge on any atom is -0.493 e. The quantitative estimate of drug-likeness (QED) is 0.736. The van der Waals surface area contributed by atoms with Gasteiger partial charge in [0.1, 0.15) is 5.52 Å². The van der Waals surface area contributed by atoms with Gasteiger partial charge in [0.05, 0.1) is 11.6 Å². The van der Waals surface area contributed by atoms with E-state index in [9.17, 15) is 0 Å². The van der Waals surface area contributed by atoms with Gasteiger partial charge in [0, 0.05) is 16.6 Å². The van der Waals surface area contributed by atoms with Crippen molar-refractivity contribution < 1.29 is 4.74 Å². The Morgan fingerprint density at radius 2 is 2.10 bits per heavy atom. The summed E-state index contributed by atoms with van der Waals surface area (Å²) in [6.45, 7) is 0. The highest BCUT2D eigenvalue weighted by molar-refractivity contribution is 9.10. The molecular formula is C15H11BrClN3O. The van der Waals surface area contributed by atoms with Crippen molar-refractivity contribution in [3.05, 3.63) is 46.0 Å². The van der Waals surface area contributed by atoms with E-state index in [0.717, 1.165) is 21.0 Å². The van der Waals surface area contributed by atoms with Crippen LogP contribution in [0.3, 0.4) is 0 Å². The fourth-order valence-corrected chi connectivity index (χ4v) is 3.01. The van der Waals surface area contributed by atoms with E-state index in [1.165, 1.54) is 0 Å². The molecule has 106 valence electrons. The number of nitrogens with two attached hydrogens (primary N) is 1. The Hall–Kier alpha value is -1.85. The lowest BCUT2D eigenvalue weighted by Crippen LogP contribution is -1.98. The van der Waals surface area contributed by atoms with Crippen molar-refractivity contribution in [2.45, 2.75) is 0 Å². The van der Waals surface area contributed by atoms with Crippen molar-refractivity contribution in [2.24, 2.45) is 0 Å². The van der Waals surface area contributed by atoms with Gasteiger partial charge in [-0.05, 0) is 45.3 Å². The van der Waals surface area contributed by atoms with Crippen LogP contribution in [0.2, 0.25) is 5.02 Å². The molecule has 0 unspecified atom stereocenters. The predicted octanol–water partition coefficient (Wildman–Crippen LogP) is 4.30. The van der Waals surface area contributed by atoms with E-state index in [4.69, 9.17) is 22.1 Å². The molecule has 0 saturated carbocycles. The third-order valence-corrected chi connectivity index (χ3v) is 3.96. The van der Waals surface area contributed by atoms with E-state index in [1.54, 1.807) is 13.3 Å². The van der Waals surface area contributed by atoms with E-state index >= 15 is 0 Å². The second kappa shape index (κ2) is 5.50. The molecule has 0 fully saturated rings. The van der Waals surface area contributed by atoms with Gasteiger partial charge in [-0.25, -0.2) is 9.97 Å². The number of aromatic nitrogens is 2. The van der Waals surface area contributed by atoms with Gasteiger partial charge in [0.15, 0.2) is 5.75 Å². The van der Waals surface area contributed by atoms with Crippen LogP contribution in [0.25, 0.3) is 22.0 Å². The maximum atomic E-state index is 6.08. The third-order valence-electron chi connectivity index (χ3n) is 3.14. The summed E-state index contributed by atoms with van der Waals surface area (Å²) in [5, 5.41) is 1.52. The summed E-state index contributed by atoms with van der Waals surface area (Å²) in [6.07, 6.45) is 1.70. The largest absolute Gasteiger partial charge is 0.493 e. The molecule has 2 aromatic carbocycles. The number of benzene rings is 2. The monoisotopic (exact) mass is 363 g/mol. The molecule has 0 amide bonds. The molecule has 0 aliphatic heterocycles. The molecule has 0 atom stereocenters. The summed E-state index contributed by atoms with van der Waals surface area (Å²) >= 11 is 9.59. The molecule has 2 N–H and O–H groups in total. The predicted molar refractivity (Wildman–Crippen MR) is 88.6 cm³/mol. The van der Waals surface area contributed by atoms with Gasteiger partial charge in [0.25, 0.3) is 0 Å². The van der Waals surface area contributed by atoms with Crippen LogP contribution in [-0.2, 0) is 0 Å². The zero-order chi connectivity index (χ0) is 15.0. The first-order chi connectivity index (χ1) is 10.1. The van der Waals surface area contributed by atoms with Crippen LogP contribution in [0, 0.1) is 0 Å². The number of methoxy groups -OCH3 is 1. The molecule has 1 aromatic heterocycles. The minimum atomic E-state index is 0.205. The molecule has 0 saturated heterocycles. The Bertz CT molecular complexity index is 839. The first-order valence-corrected chi connectivity index (χ1v) is 7.32. The molecule has 3 rings (SSSR count). The number of ether oxygens (including phenoxy) is 1. The van der Waals surface area contributed by atoms with E-state index in [-0.39, 0.29) is 5.95 Å². The van der Waals surface area contributed by atoms with Gasteiger partial charge in [-0.1, -0.05) is 23.7 Å². The highest BCUT2D eigenvalue weighted by Gasteiger charge is 2.15. The summed E-state index contributed by atoms with van der Waals surface area (Å²) < 4.78 is 6.21. The summed E-state index contributed by atoms with van der Waals surface area (Å²) in [5.74, 6) is 0.834. The molecule has 21 heavy (non-hydrogen) atoms. The van der Waals surface area contributed by atoms with E-state index in [0.29, 0.717) is 16.3 Å². The average Bonchev–Trinajstić information content (AvgIpc) is 2.46. The smallest absolute Gasteiger partial charge is 0.220 e. The zero-order valence-electron chi connectivity index (χ0n) is 11.1. The Labute approximate surface area is 135 Å². The zero-order valence-corrected chi connectivity index (χ0v) is 13.4. The van der Waals surface area contributed by atoms with E-state index in [2.05, 4.69) is 25.9 Å². The molecule has 6 heteroatoms. The van der Waals surface area contributed by atoms with Gasteiger partial charge in [-0.15, -0.1) is 0 Å². The highest BCUT2D eigenvalue weighted by Crippen LogP contribution is 2.39. The Morgan fingerprint density at radius 3 is 2.81 bits per heavy atom. The van der Waals surface area contributed by atoms with Gasteiger partial charge < -0.3 is 10.5 Å². The Kier molecular flexibility index (Phi) is 3.69. The fraction of sp³-hybridized carbons (Fsp3) is 0.0667. The maximum absolute atomic E-state index is 6.08. The number of hydrogen-bond donors (Lipinski definition) is 1. The van der Waals surface area contributed by atoms with Crippen LogP contribution in [-0.4, -0.2) is 17.1 Å². The second-order valence-corrected chi connectivity index (χ2v) is 5.73. The molecule has 1 heterocycles. The van der Waals surface area contributed by atoms with Crippen molar-refractivity contribution in [3.8, 4) is 16.9 Å². The van der Waals surface area contributed by atoms with Crippen LogP contribution < -0.4 is 10.5 Å². The summed E-state index contributed by atoms with van der Waals surface area (Å²) in [4.78, 5) is 8.38. The van der Waals surface area contributed by atoms with Crippen molar-refractivity contribution >= 4 is 44.4 Å². The number of nitrogens with zero attached hydrogens (tertiary/aromatic N) is 2. The van der Waals surface area contributed by atoms with Crippen LogP contribution in [0.4, 0.5) is 5.95 Å². The van der Waals surface area contributed by atoms with Crippen molar-refractivity contribution in [1.82, 2.24) is 9.97 Å². The van der Waals surface area contributed by atoms with Gasteiger partial charge in [0.2, 0.25) is 5.95 Å². The summed E-state index contributed by atoms with van der Waals surface area (Å²) in [6, 6.07) is 9.58. The van der Waals surface area contributed by atoms with Crippen molar-refractivity contribution in [2.75, 3.05) is 12.8 Å². The average molecular weight is 365 g/mol.